The van der Waals surface area contributed by atoms with Gasteiger partial charge in [-0.2, -0.15) is 0 Å². The quantitative estimate of drug-likeness (QED) is 0.0163. The second kappa shape index (κ2) is 40.8. The molecule has 16 heteroatoms. The van der Waals surface area contributed by atoms with Crippen molar-refractivity contribution in [2.45, 2.75) is 240 Å². The Morgan fingerprint density at radius 3 is 1.06 bits per heavy atom. The summed E-state index contributed by atoms with van der Waals surface area (Å²) in [6.45, 7) is 36.0. The van der Waals surface area contributed by atoms with Crippen molar-refractivity contribution in [3.63, 3.8) is 0 Å². The molecule has 3 unspecified atom stereocenters. The molecule has 5 aromatic carbocycles. The van der Waals surface area contributed by atoms with E-state index < -0.39 is 10.8 Å². The molecule has 656 valence electrons. The summed E-state index contributed by atoms with van der Waals surface area (Å²) >= 11 is 12.9. The number of carbonyl (C=O) groups excluding carboxylic acids is 2. The summed E-state index contributed by atoms with van der Waals surface area (Å²) in [4.78, 5) is 47.2. The van der Waals surface area contributed by atoms with Crippen LogP contribution in [0, 0.1) is 47.6 Å². The van der Waals surface area contributed by atoms with Crippen LogP contribution in [0.1, 0.15) is 310 Å². The van der Waals surface area contributed by atoms with Gasteiger partial charge in [-0.05, 0) is 225 Å². The molecular weight excluding hydrogens is 1730 g/mol. The van der Waals surface area contributed by atoms with Gasteiger partial charge in [-0.1, -0.05) is 262 Å². The lowest BCUT2D eigenvalue weighted by molar-refractivity contribution is 0.103. The molecule has 0 amide bonds. The summed E-state index contributed by atoms with van der Waals surface area (Å²) < 4.78 is 18.5. The fourth-order valence-corrected chi connectivity index (χ4v) is 29.6. The molecule has 0 saturated carbocycles. The second-order valence-electron chi connectivity index (χ2n) is 35.5. The van der Waals surface area contributed by atoms with Crippen molar-refractivity contribution in [3.8, 4) is 64.0 Å². The predicted molar refractivity (Wildman–Crippen MR) is 550 cm³/mol. The SMILES string of the molecule is [C-]#[N+]/C(C#N)=C1/C(=C/c2cc(OCC(CC)CCCC)c(-c3cc4c(s3)-c3cc5c(cc3C4(c3ccc(CCCCCC)cc3)c3ccc(CCCCCC)cc3)-c3sc(-c4sc(/C=C6\C(=O)c7sc8ccsc8c7\C6=C(/C#N)[N+]#[C-])cc4OCC(CC)CCCC)cc3C5(c3ccc(CCCCC)cc3)c3ccc(CCCCCC)cc3)s2)C(=O)c2sc3ccsc3c21. The molecule has 8 heterocycles. The van der Waals surface area contributed by atoms with Crippen molar-refractivity contribution in [2.75, 3.05) is 13.2 Å². The van der Waals surface area contributed by atoms with E-state index in [0.717, 1.165) is 175 Å². The number of benzene rings is 5. The highest BCUT2D eigenvalue weighted by molar-refractivity contribution is 7.30. The van der Waals surface area contributed by atoms with Gasteiger partial charge in [0.05, 0.1) is 78.2 Å². The van der Waals surface area contributed by atoms with Crippen molar-refractivity contribution in [3.05, 3.63) is 299 Å². The Morgan fingerprint density at radius 1 is 0.395 bits per heavy atom. The normalized spacial score (nSPS) is 16.4. The number of hydrogen-bond donors (Lipinski definition) is 0. The molecule has 0 fully saturated rings. The van der Waals surface area contributed by atoms with Gasteiger partial charge in [-0.3, -0.25) is 9.59 Å². The molecule has 0 bridgehead atoms. The number of carbonyl (C=O) groups is 2. The molecule has 0 saturated heterocycles. The van der Waals surface area contributed by atoms with Crippen LogP contribution in [0.3, 0.4) is 0 Å². The van der Waals surface area contributed by atoms with Gasteiger partial charge in [-0.15, -0.1) is 90.7 Å². The molecule has 0 aliphatic heterocycles. The average molecular weight is 1850 g/mol. The zero-order chi connectivity index (χ0) is 89.5. The highest BCUT2D eigenvalue weighted by Crippen LogP contribution is 2.68. The van der Waals surface area contributed by atoms with E-state index in [-0.39, 0.29) is 23.0 Å². The van der Waals surface area contributed by atoms with E-state index in [1.165, 1.54) is 168 Å². The third kappa shape index (κ3) is 17.3. The minimum atomic E-state index is -0.876. The van der Waals surface area contributed by atoms with E-state index in [9.17, 15) is 10.5 Å². The molecule has 0 spiro atoms. The molecule has 0 N–H and O–H groups in total. The number of ketones is 2. The van der Waals surface area contributed by atoms with E-state index in [4.69, 9.17) is 22.6 Å². The van der Waals surface area contributed by atoms with Crippen molar-refractivity contribution < 1.29 is 19.1 Å². The van der Waals surface area contributed by atoms with Gasteiger partial charge in [0.2, 0.25) is 11.6 Å². The predicted octanol–water partition coefficient (Wildman–Crippen LogP) is 34.7. The number of aryl methyl sites for hydroxylation is 4. The first-order valence-corrected chi connectivity index (χ1v) is 53.9. The molecule has 13 aromatic rings. The Hall–Kier alpha value is -9.92. The van der Waals surface area contributed by atoms with Crippen LogP contribution in [0.15, 0.2) is 179 Å². The number of ether oxygens (including phenoxy) is 2. The monoisotopic (exact) mass is 1840 g/mol. The van der Waals surface area contributed by atoms with E-state index in [1.54, 1.807) is 45.3 Å². The highest BCUT2D eigenvalue weighted by atomic mass is 32.1. The van der Waals surface area contributed by atoms with Crippen LogP contribution >= 0.6 is 90.7 Å². The minimum absolute atomic E-state index is 0.0854. The van der Waals surface area contributed by atoms with Gasteiger partial charge < -0.3 is 9.47 Å². The average Bonchev–Trinajstić information content (AvgIpc) is 1.50. The summed E-state index contributed by atoms with van der Waals surface area (Å²) in [7, 11) is 0. The molecule has 8 nitrogen and oxygen atoms in total. The minimum Gasteiger partial charge on any atom is -0.492 e. The summed E-state index contributed by atoms with van der Waals surface area (Å²) in [5, 5.41) is 25.6. The Kier molecular flexibility index (Phi) is 28.8. The standard InChI is InChI=1S/C113H112N4O4S8/c1-11-19-25-29-35-73-40-48-77(49-41-73)112(76-46-38-72(39-47-76)34-28-22-14-4)86-62-83-87(63-82(86)104-88(112)64-96(128-104)106-92(120-68-70(17-7)32-23-15-5)60-80(124-106)58-84-98(90(66-114)116-9)100-108-94(54-56-122-108)126-110(100)102(84)118)113(78-50-42-74(43-51-78)36-30-26-20-12-2,79-52-44-75(45-53-79)37-31-27-21-13-3)89-65-97(129-105(83)89)107-93(121-69-71(18-8)33-24-16-6)61-81(125-107)59-85-99(91(67-115)117-10)101-109-95(55-57-123-109)127-111(101)103(85)119/h38-65,70-71H,11-37,68-69H2,1-8H3/b84-58-,85-59-,98-90+,99-91-. The van der Waals surface area contributed by atoms with Crippen LogP contribution in [0.2, 0.25) is 0 Å². The van der Waals surface area contributed by atoms with Gasteiger partial charge >= 0.3 is 0 Å². The number of Topliss-reactive ketones (excluding diaryl/α,β-unsaturated/α-hetero) is 2. The van der Waals surface area contributed by atoms with E-state index in [1.807, 2.05) is 57.7 Å². The Bertz CT molecular complexity index is 6280. The maximum absolute atomic E-state index is 15.2. The first-order valence-electron chi connectivity index (χ1n) is 47.2. The number of rotatable bonds is 41. The maximum Gasteiger partial charge on any atom is 0.270 e. The maximum atomic E-state index is 15.2. The van der Waals surface area contributed by atoms with Gasteiger partial charge in [0, 0.05) is 72.1 Å². The first-order chi connectivity index (χ1) is 63.2. The Labute approximate surface area is 794 Å². The van der Waals surface area contributed by atoms with Crippen LogP contribution in [-0.4, -0.2) is 24.8 Å². The first kappa shape index (κ1) is 91.0. The molecule has 17 rings (SSSR count). The molecular formula is C113H112N4O4S8. The largest absolute Gasteiger partial charge is 0.492 e. The van der Waals surface area contributed by atoms with Crippen molar-refractivity contribution in [1.82, 2.24) is 0 Å². The molecule has 3 atom stereocenters. The van der Waals surface area contributed by atoms with E-state index in [2.05, 4.69) is 211 Å². The Balaban J connectivity index is 0.935. The summed E-state index contributed by atoms with van der Waals surface area (Å²) in [6.07, 6.45) is 33.7. The molecule has 4 aliphatic carbocycles. The van der Waals surface area contributed by atoms with E-state index in [0.29, 0.717) is 68.2 Å². The number of unbranched alkanes of at least 4 members (excludes halogenated alkanes) is 13. The van der Waals surface area contributed by atoms with Crippen molar-refractivity contribution in [1.29, 1.82) is 10.5 Å². The van der Waals surface area contributed by atoms with Crippen molar-refractivity contribution >= 4 is 144 Å². The zero-order valence-corrected chi connectivity index (χ0v) is 82.0. The molecule has 4 aliphatic rings. The summed E-state index contributed by atoms with van der Waals surface area (Å²) in [5.74, 6) is 1.82. The lowest BCUT2D eigenvalue weighted by Gasteiger charge is -2.35. The summed E-state index contributed by atoms with van der Waals surface area (Å²) in [6, 6.07) is 62.0. The van der Waals surface area contributed by atoms with Crippen LogP contribution < -0.4 is 9.47 Å². The number of fused-ring (bicyclic) bond motifs is 12. The van der Waals surface area contributed by atoms with E-state index >= 15 is 9.59 Å². The van der Waals surface area contributed by atoms with Crippen LogP contribution in [0.5, 0.6) is 11.5 Å². The number of nitrogens with zero attached hydrogens (tertiary/aromatic N) is 4. The lowest BCUT2D eigenvalue weighted by Crippen LogP contribution is -2.30. The van der Waals surface area contributed by atoms with Gasteiger partial charge in [-0.25, -0.2) is 20.2 Å². The fraction of sp³-hybridized carbons (Fsp3) is 0.363. The fourth-order valence-electron chi connectivity index (χ4n) is 20.1. The third-order valence-corrected chi connectivity index (χ3v) is 36.5. The molecule has 0 radical (unpaired) electrons. The number of allylic oxidation sites excluding steroid dienone is 6. The van der Waals surface area contributed by atoms with Gasteiger partial charge in [0.15, 0.2) is 0 Å². The van der Waals surface area contributed by atoms with Crippen LogP contribution in [0.4, 0.5) is 0 Å². The number of nitriles is 2. The Morgan fingerprint density at radius 2 is 0.736 bits per heavy atom. The number of thiophene rings is 8. The molecule has 129 heavy (non-hydrogen) atoms. The molecule has 8 aromatic heterocycles. The second-order valence-corrected chi connectivity index (χ2v) is 43.7. The lowest BCUT2D eigenvalue weighted by atomic mass is 9.65. The van der Waals surface area contributed by atoms with Crippen LogP contribution in [-0.2, 0) is 36.5 Å². The smallest absolute Gasteiger partial charge is 0.270 e. The topological polar surface area (TPSA) is 109 Å². The third-order valence-electron chi connectivity index (χ3n) is 27.2. The van der Waals surface area contributed by atoms with Gasteiger partial charge in [0.1, 0.15) is 11.5 Å². The van der Waals surface area contributed by atoms with Gasteiger partial charge in [0.25, 0.3) is 11.4 Å². The summed E-state index contributed by atoms with van der Waals surface area (Å²) in [5.41, 5.74) is 18.3. The zero-order valence-electron chi connectivity index (χ0n) is 75.5. The highest BCUT2D eigenvalue weighted by Gasteiger charge is 2.54. The van der Waals surface area contributed by atoms with Crippen molar-refractivity contribution in [2.24, 2.45) is 11.8 Å². The number of hydrogen-bond acceptors (Lipinski definition) is 14. The van der Waals surface area contributed by atoms with Crippen LogP contribution in [0.25, 0.3) is 92.2 Å².